The molecule has 0 atom stereocenters. The van der Waals surface area contributed by atoms with E-state index in [0.717, 1.165) is 37.0 Å². The fourth-order valence-electron chi connectivity index (χ4n) is 1.91. The van der Waals surface area contributed by atoms with E-state index in [1.165, 1.54) is 6.92 Å². The van der Waals surface area contributed by atoms with Gasteiger partial charge in [0.1, 0.15) is 5.78 Å². The lowest BCUT2D eigenvalue weighted by Gasteiger charge is -2.29. The lowest BCUT2D eigenvalue weighted by molar-refractivity contribution is -0.890. The van der Waals surface area contributed by atoms with Crippen LogP contribution < -0.4 is 10.6 Å². The zero-order chi connectivity index (χ0) is 14.7. The third-order valence-corrected chi connectivity index (χ3v) is 3.16. The number of nitrogens with zero attached hydrogens (tertiary/aromatic N) is 1. The predicted octanol–water partition coefficient (Wildman–Crippen LogP) is 0.548. The van der Waals surface area contributed by atoms with Crippen LogP contribution in [0.5, 0.6) is 0 Å². The summed E-state index contributed by atoms with van der Waals surface area (Å²) in [6.45, 7) is 5.45. The van der Waals surface area contributed by atoms with Gasteiger partial charge in [0.15, 0.2) is 0 Å². The van der Waals surface area contributed by atoms with Crippen LogP contribution in [0, 0.1) is 0 Å². The Bertz CT molecular complexity index is 278. The molecule has 19 heavy (non-hydrogen) atoms. The molecule has 112 valence electrons. The van der Waals surface area contributed by atoms with E-state index in [0.29, 0.717) is 19.4 Å². The average molecular weight is 272 g/mol. The number of ketones is 1. The Balaban J connectivity index is 3.61. The number of carbonyl (C=O) groups is 2. The summed E-state index contributed by atoms with van der Waals surface area (Å²) in [5.74, 6) is 0.0492. The van der Waals surface area contributed by atoms with Crippen molar-refractivity contribution in [3.05, 3.63) is 0 Å². The molecular formula is C14H30N3O2+. The van der Waals surface area contributed by atoms with Crippen molar-refractivity contribution >= 4 is 11.7 Å². The molecule has 0 aromatic rings. The normalized spacial score (nSPS) is 11.4. The summed E-state index contributed by atoms with van der Waals surface area (Å²) in [7, 11) is 6.40. The topological polar surface area (TPSA) is 58.2 Å². The van der Waals surface area contributed by atoms with Gasteiger partial charge in [0, 0.05) is 38.8 Å². The van der Waals surface area contributed by atoms with Gasteiger partial charge in [-0.2, -0.15) is 0 Å². The Labute approximate surface area is 117 Å². The Kier molecular flexibility index (Phi) is 9.43. The van der Waals surface area contributed by atoms with Gasteiger partial charge in [-0.15, -0.1) is 0 Å². The lowest BCUT2D eigenvalue weighted by Crippen LogP contribution is -2.43. The van der Waals surface area contributed by atoms with Crippen LogP contribution >= 0.6 is 0 Å². The van der Waals surface area contributed by atoms with E-state index in [1.54, 1.807) is 0 Å². The Morgan fingerprint density at radius 2 is 1.58 bits per heavy atom. The van der Waals surface area contributed by atoms with Crippen molar-refractivity contribution in [1.82, 2.24) is 10.6 Å². The van der Waals surface area contributed by atoms with Crippen LogP contribution in [0.1, 0.15) is 32.6 Å². The molecule has 0 bridgehead atoms. The number of hydrogen-bond acceptors (Lipinski definition) is 3. The summed E-state index contributed by atoms with van der Waals surface area (Å²) in [5, 5.41) is 6.02. The van der Waals surface area contributed by atoms with Gasteiger partial charge in [-0.1, -0.05) is 0 Å². The molecule has 0 radical (unpaired) electrons. The molecule has 0 saturated carbocycles. The van der Waals surface area contributed by atoms with Gasteiger partial charge in [-0.05, 0) is 14.0 Å². The number of amides is 1. The Morgan fingerprint density at radius 1 is 1.00 bits per heavy atom. The molecule has 0 spiro atoms. The number of hydrogen-bond donors (Lipinski definition) is 2. The minimum atomic E-state index is -0.0179. The van der Waals surface area contributed by atoms with Crippen molar-refractivity contribution in [2.24, 2.45) is 0 Å². The van der Waals surface area contributed by atoms with Crippen molar-refractivity contribution in [2.75, 3.05) is 47.3 Å². The van der Waals surface area contributed by atoms with Gasteiger partial charge >= 0.3 is 0 Å². The molecule has 5 nitrogen and oxygen atoms in total. The number of nitrogens with one attached hydrogen (secondary N) is 2. The van der Waals surface area contributed by atoms with Crippen molar-refractivity contribution in [1.29, 1.82) is 0 Å². The molecule has 1 amide bonds. The number of carbonyl (C=O) groups excluding carboxylic acids is 2. The molecular weight excluding hydrogens is 242 g/mol. The molecule has 0 aliphatic rings. The number of Topliss-reactive ketones (excluding diaryl/α,β-unsaturated/α-hetero) is 1. The summed E-state index contributed by atoms with van der Waals surface area (Å²) in [4.78, 5) is 22.2. The summed E-state index contributed by atoms with van der Waals surface area (Å²) in [5.41, 5.74) is 0. The maximum Gasteiger partial charge on any atom is 0.220 e. The average Bonchev–Trinajstić information content (AvgIpc) is 2.32. The van der Waals surface area contributed by atoms with Crippen LogP contribution in [-0.2, 0) is 9.59 Å². The zero-order valence-corrected chi connectivity index (χ0v) is 12.9. The molecule has 0 unspecified atom stereocenters. The van der Waals surface area contributed by atoms with Crippen LogP contribution in [0.2, 0.25) is 0 Å². The highest BCUT2D eigenvalue weighted by molar-refractivity contribution is 5.83. The van der Waals surface area contributed by atoms with Crippen LogP contribution in [-0.4, -0.2) is 63.5 Å². The van der Waals surface area contributed by atoms with Gasteiger partial charge in [0.2, 0.25) is 5.91 Å². The van der Waals surface area contributed by atoms with Crippen LogP contribution in [0.25, 0.3) is 0 Å². The quantitative estimate of drug-likeness (QED) is 0.426. The summed E-state index contributed by atoms with van der Waals surface area (Å²) < 4.78 is 0.977. The minimum absolute atomic E-state index is 0.0179. The summed E-state index contributed by atoms with van der Waals surface area (Å²) in [6.07, 6.45) is 2.79. The maximum absolute atomic E-state index is 11.4. The first-order valence-corrected chi connectivity index (χ1v) is 7.10. The van der Waals surface area contributed by atoms with E-state index in [-0.39, 0.29) is 11.7 Å². The van der Waals surface area contributed by atoms with E-state index in [1.807, 2.05) is 7.05 Å². The Morgan fingerprint density at radius 3 is 2.11 bits per heavy atom. The van der Waals surface area contributed by atoms with Crippen LogP contribution in [0.15, 0.2) is 0 Å². The fourth-order valence-corrected chi connectivity index (χ4v) is 1.91. The van der Waals surface area contributed by atoms with E-state index in [9.17, 15) is 9.59 Å². The first kappa shape index (κ1) is 18.1. The van der Waals surface area contributed by atoms with Gasteiger partial charge in [0.25, 0.3) is 0 Å². The molecule has 0 fully saturated rings. The molecule has 0 heterocycles. The highest BCUT2D eigenvalue weighted by atomic mass is 16.2. The molecule has 5 heteroatoms. The van der Waals surface area contributed by atoms with Crippen molar-refractivity contribution in [3.8, 4) is 0 Å². The zero-order valence-electron chi connectivity index (χ0n) is 12.9. The predicted molar refractivity (Wildman–Crippen MR) is 77.9 cm³/mol. The van der Waals surface area contributed by atoms with Gasteiger partial charge in [-0.3, -0.25) is 4.79 Å². The highest BCUT2D eigenvalue weighted by Gasteiger charge is 2.13. The molecule has 0 aromatic heterocycles. The molecule has 0 aliphatic heterocycles. The largest absolute Gasteiger partial charge is 0.356 e. The molecule has 2 N–H and O–H groups in total. The van der Waals surface area contributed by atoms with Crippen molar-refractivity contribution in [3.63, 3.8) is 0 Å². The van der Waals surface area contributed by atoms with E-state index < -0.39 is 0 Å². The van der Waals surface area contributed by atoms with Gasteiger partial charge in [-0.25, -0.2) is 0 Å². The van der Waals surface area contributed by atoms with E-state index in [2.05, 4.69) is 24.7 Å². The smallest absolute Gasteiger partial charge is 0.220 e. The van der Waals surface area contributed by atoms with Crippen molar-refractivity contribution < 1.29 is 14.1 Å². The summed E-state index contributed by atoms with van der Waals surface area (Å²) >= 11 is 0. The van der Waals surface area contributed by atoms with E-state index >= 15 is 0 Å². The minimum Gasteiger partial charge on any atom is -0.356 e. The number of quaternary nitrogens is 1. The second kappa shape index (κ2) is 9.92. The molecule has 0 aromatic carbocycles. The van der Waals surface area contributed by atoms with E-state index in [4.69, 9.17) is 0 Å². The Hall–Kier alpha value is -0.940. The van der Waals surface area contributed by atoms with Crippen molar-refractivity contribution in [2.45, 2.75) is 32.6 Å². The lowest BCUT2D eigenvalue weighted by atomic mass is 10.2. The fraction of sp³-hybridized carbons (Fsp3) is 0.857. The maximum atomic E-state index is 11.4. The standard InChI is InChI=1S/C14H29N3O2/c1-13(18)7-8-14(19)16-10-6-12-17(3,4)11-5-9-15-2/h15H,5-12H2,1-4H3/p+1. The highest BCUT2D eigenvalue weighted by Crippen LogP contribution is 2.00. The SMILES string of the molecule is CNCCC[N+](C)(C)CCCNC(=O)CCC(C)=O. The molecule has 0 saturated heterocycles. The first-order chi connectivity index (χ1) is 8.87. The van der Waals surface area contributed by atoms with Gasteiger partial charge in [0.05, 0.1) is 27.2 Å². The van der Waals surface area contributed by atoms with Gasteiger partial charge < -0.3 is 19.9 Å². The third-order valence-electron chi connectivity index (χ3n) is 3.16. The third kappa shape index (κ3) is 11.9. The second-order valence-electron chi connectivity index (χ2n) is 5.75. The monoisotopic (exact) mass is 272 g/mol. The molecule has 0 rings (SSSR count). The second-order valence-corrected chi connectivity index (χ2v) is 5.75. The van der Waals surface area contributed by atoms with Crippen LogP contribution in [0.3, 0.4) is 0 Å². The van der Waals surface area contributed by atoms with Crippen LogP contribution in [0.4, 0.5) is 0 Å². The molecule has 0 aliphatic carbocycles. The first-order valence-electron chi connectivity index (χ1n) is 7.10. The summed E-state index contributed by atoms with van der Waals surface area (Å²) in [6, 6.07) is 0. The number of rotatable bonds is 11.